The number of carbonyl (C=O) groups is 2. The number of aryl methyl sites for hydroxylation is 1. The summed E-state index contributed by atoms with van der Waals surface area (Å²) in [5.74, 6) is 0.412. The van der Waals surface area contributed by atoms with E-state index in [1.807, 2.05) is 17.0 Å². The van der Waals surface area contributed by atoms with Crippen LogP contribution in [0.5, 0.6) is 0 Å². The lowest BCUT2D eigenvalue weighted by Crippen LogP contribution is -2.42. The summed E-state index contributed by atoms with van der Waals surface area (Å²) in [4.78, 5) is 27.8. The minimum absolute atomic E-state index is 0.0211. The minimum atomic E-state index is 0.0211. The third kappa shape index (κ3) is 4.21. The van der Waals surface area contributed by atoms with Crippen LogP contribution in [0.4, 0.5) is 5.69 Å². The molecule has 2 aromatic rings. The van der Waals surface area contributed by atoms with Gasteiger partial charge in [-0.2, -0.15) is 0 Å². The number of nitrogens with zero attached hydrogens (tertiary/aromatic N) is 1. The second kappa shape index (κ2) is 8.40. The smallest absolute Gasteiger partial charge is 0.230 e. The van der Waals surface area contributed by atoms with Crippen molar-refractivity contribution in [2.45, 2.75) is 58.5 Å². The molecule has 0 spiro atoms. The molecule has 4 heteroatoms. The number of anilines is 1. The lowest BCUT2D eigenvalue weighted by molar-refractivity contribution is -0.129. The van der Waals surface area contributed by atoms with Crippen LogP contribution in [0.25, 0.3) is 0 Å². The molecule has 1 aliphatic heterocycles. The first-order chi connectivity index (χ1) is 14.0. The Labute approximate surface area is 173 Å². The molecule has 1 atom stereocenters. The fourth-order valence-corrected chi connectivity index (χ4v) is 4.74. The van der Waals surface area contributed by atoms with E-state index < -0.39 is 0 Å². The van der Waals surface area contributed by atoms with Crippen LogP contribution in [-0.4, -0.2) is 17.9 Å². The fourth-order valence-electron chi connectivity index (χ4n) is 4.74. The van der Waals surface area contributed by atoms with E-state index >= 15 is 0 Å². The summed E-state index contributed by atoms with van der Waals surface area (Å²) in [6.07, 6.45) is 4.11. The molecule has 1 fully saturated rings. The van der Waals surface area contributed by atoms with Crippen LogP contribution < -0.4 is 10.2 Å². The zero-order valence-electron chi connectivity index (χ0n) is 17.4. The Morgan fingerprint density at radius 1 is 0.966 bits per heavy atom. The number of fused-ring (bicyclic) bond motifs is 1. The van der Waals surface area contributed by atoms with Gasteiger partial charge in [0.25, 0.3) is 0 Å². The minimum Gasteiger partial charge on any atom is -0.352 e. The number of para-hydroxylation sites is 1. The van der Waals surface area contributed by atoms with Gasteiger partial charge in [-0.3, -0.25) is 9.59 Å². The third-order valence-corrected chi connectivity index (χ3v) is 6.48. The van der Waals surface area contributed by atoms with Crippen molar-refractivity contribution in [1.82, 2.24) is 5.32 Å². The van der Waals surface area contributed by atoms with Crippen LogP contribution in [0.2, 0.25) is 0 Å². The second-order valence-corrected chi connectivity index (χ2v) is 8.64. The number of benzene rings is 2. The largest absolute Gasteiger partial charge is 0.352 e. The summed E-state index contributed by atoms with van der Waals surface area (Å²) < 4.78 is 0. The quantitative estimate of drug-likeness (QED) is 0.841. The molecule has 0 bridgehead atoms. The van der Waals surface area contributed by atoms with E-state index in [-0.39, 0.29) is 29.7 Å². The molecule has 4 nitrogen and oxygen atoms in total. The van der Waals surface area contributed by atoms with E-state index in [4.69, 9.17) is 0 Å². The van der Waals surface area contributed by atoms with Crippen molar-refractivity contribution in [3.05, 3.63) is 65.2 Å². The van der Waals surface area contributed by atoms with Crippen LogP contribution >= 0.6 is 0 Å². The predicted molar refractivity (Wildman–Crippen MR) is 116 cm³/mol. The van der Waals surface area contributed by atoms with Gasteiger partial charge < -0.3 is 10.2 Å². The highest BCUT2D eigenvalue weighted by Gasteiger charge is 2.37. The first-order valence-corrected chi connectivity index (χ1v) is 10.8. The number of rotatable bonds is 4. The van der Waals surface area contributed by atoms with Crippen LogP contribution in [0.15, 0.2) is 48.5 Å². The topological polar surface area (TPSA) is 49.4 Å². The van der Waals surface area contributed by atoms with Crippen molar-refractivity contribution in [1.29, 1.82) is 0 Å². The number of amides is 2. The Kier molecular flexibility index (Phi) is 5.70. The van der Waals surface area contributed by atoms with Crippen molar-refractivity contribution in [3.63, 3.8) is 0 Å². The van der Waals surface area contributed by atoms with Crippen LogP contribution in [0.3, 0.4) is 0 Å². The molecule has 4 rings (SSSR count). The van der Waals surface area contributed by atoms with Gasteiger partial charge in [-0.15, -0.1) is 0 Å². The van der Waals surface area contributed by atoms with Crippen molar-refractivity contribution in [3.8, 4) is 0 Å². The number of nitrogens with one attached hydrogen (secondary N) is 1. The van der Waals surface area contributed by atoms with Gasteiger partial charge in [0, 0.05) is 30.1 Å². The maximum Gasteiger partial charge on any atom is 0.230 e. The van der Waals surface area contributed by atoms with E-state index in [1.54, 1.807) is 0 Å². The highest BCUT2D eigenvalue weighted by Crippen LogP contribution is 2.37. The SMILES string of the molecule is Cc1ccc(CNC(=O)C2CCC(C(=O)N3c4ccccc4CC3C)CC2)cc1. The van der Waals surface area contributed by atoms with E-state index in [0.717, 1.165) is 43.4 Å². The first-order valence-electron chi connectivity index (χ1n) is 10.8. The van der Waals surface area contributed by atoms with Gasteiger partial charge in [-0.1, -0.05) is 48.0 Å². The number of carbonyl (C=O) groups excluding carboxylic acids is 2. The summed E-state index contributed by atoms with van der Waals surface area (Å²) in [6, 6.07) is 16.7. The highest BCUT2D eigenvalue weighted by molar-refractivity contribution is 5.97. The number of hydrogen-bond acceptors (Lipinski definition) is 2. The van der Waals surface area contributed by atoms with Crippen molar-refractivity contribution in [2.24, 2.45) is 11.8 Å². The lowest BCUT2D eigenvalue weighted by Gasteiger charge is -2.32. The Balaban J connectivity index is 1.30. The zero-order chi connectivity index (χ0) is 20.4. The fraction of sp³-hybridized carbons (Fsp3) is 0.440. The van der Waals surface area contributed by atoms with Gasteiger partial charge in [0.15, 0.2) is 0 Å². The monoisotopic (exact) mass is 390 g/mol. The molecule has 2 aliphatic rings. The summed E-state index contributed by atoms with van der Waals surface area (Å²) >= 11 is 0. The summed E-state index contributed by atoms with van der Waals surface area (Å²) in [5.41, 5.74) is 4.67. The number of hydrogen-bond donors (Lipinski definition) is 1. The van der Waals surface area contributed by atoms with Crippen molar-refractivity contribution >= 4 is 17.5 Å². The standard InChI is InChI=1S/C25H30N2O2/c1-17-7-9-19(10-8-17)16-26-24(28)20-11-13-21(14-12-20)25(29)27-18(2)15-22-5-3-4-6-23(22)27/h3-10,18,20-21H,11-16H2,1-2H3,(H,26,28). The molecular weight excluding hydrogens is 360 g/mol. The maximum atomic E-state index is 13.2. The van der Waals surface area contributed by atoms with Crippen molar-refractivity contribution in [2.75, 3.05) is 4.90 Å². The van der Waals surface area contributed by atoms with Gasteiger partial charge >= 0.3 is 0 Å². The summed E-state index contributed by atoms with van der Waals surface area (Å²) in [7, 11) is 0. The average Bonchev–Trinajstić information content (AvgIpc) is 3.08. The molecule has 0 radical (unpaired) electrons. The molecule has 1 N–H and O–H groups in total. The summed E-state index contributed by atoms with van der Waals surface area (Å²) in [5, 5.41) is 3.07. The van der Waals surface area contributed by atoms with Gasteiger partial charge in [0.05, 0.1) is 0 Å². The third-order valence-electron chi connectivity index (χ3n) is 6.48. The highest BCUT2D eigenvalue weighted by atomic mass is 16.2. The van der Waals surface area contributed by atoms with Gasteiger partial charge in [0.1, 0.15) is 0 Å². The van der Waals surface area contributed by atoms with Gasteiger partial charge in [0.2, 0.25) is 11.8 Å². The molecule has 2 amide bonds. The van der Waals surface area contributed by atoms with E-state index in [0.29, 0.717) is 6.54 Å². The van der Waals surface area contributed by atoms with E-state index in [1.165, 1.54) is 11.1 Å². The molecule has 0 saturated heterocycles. The molecule has 0 aromatic heterocycles. The Morgan fingerprint density at radius 2 is 1.62 bits per heavy atom. The molecule has 152 valence electrons. The molecule has 29 heavy (non-hydrogen) atoms. The Hall–Kier alpha value is -2.62. The van der Waals surface area contributed by atoms with E-state index in [9.17, 15) is 9.59 Å². The van der Waals surface area contributed by atoms with Crippen LogP contribution in [0, 0.1) is 18.8 Å². The summed E-state index contributed by atoms with van der Waals surface area (Å²) in [6.45, 7) is 4.76. The molecular formula is C25H30N2O2. The first kappa shape index (κ1) is 19.7. The molecule has 1 unspecified atom stereocenters. The van der Waals surface area contributed by atoms with Crippen LogP contribution in [0.1, 0.15) is 49.3 Å². The van der Waals surface area contributed by atoms with E-state index in [2.05, 4.69) is 55.6 Å². The normalized spacial score (nSPS) is 23.5. The van der Waals surface area contributed by atoms with Crippen molar-refractivity contribution < 1.29 is 9.59 Å². The Morgan fingerprint density at radius 3 is 2.34 bits per heavy atom. The lowest BCUT2D eigenvalue weighted by atomic mass is 9.80. The van der Waals surface area contributed by atoms with Gasteiger partial charge in [-0.25, -0.2) is 0 Å². The van der Waals surface area contributed by atoms with Gasteiger partial charge in [-0.05, 0) is 63.1 Å². The Bertz CT molecular complexity index is 882. The second-order valence-electron chi connectivity index (χ2n) is 8.64. The predicted octanol–water partition coefficient (Wildman–Crippen LogP) is 4.40. The zero-order valence-corrected chi connectivity index (χ0v) is 17.4. The maximum absolute atomic E-state index is 13.2. The molecule has 1 heterocycles. The average molecular weight is 391 g/mol. The molecule has 1 saturated carbocycles. The molecule has 1 aliphatic carbocycles. The van der Waals surface area contributed by atoms with Crippen LogP contribution in [-0.2, 0) is 22.6 Å². The molecule has 2 aromatic carbocycles.